The molecule has 0 aliphatic heterocycles. The molecule has 1 N–H and O–H groups in total. The van der Waals surface area contributed by atoms with Crippen LogP contribution < -0.4 is 5.32 Å². The Bertz CT molecular complexity index is 519. The zero-order chi connectivity index (χ0) is 13.7. The maximum Gasteiger partial charge on any atom is 0.0453 e. The first-order valence-corrected chi connectivity index (χ1v) is 7.22. The molecule has 2 nitrogen and oxygen atoms in total. The summed E-state index contributed by atoms with van der Waals surface area (Å²) in [5, 5.41) is 4.36. The summed E-state index contributed by atoms with van der Waals surface area (Å²) in [6, 6.07) is 12.5. The van der Waals surface area contributed by atoms with Crippen LogP contribution in [0.3, 0.4) is 0 Å². The lowest BCUT2D eigenvalue weighted by molar-refractivity contribution is 0.542. The van der Waals surface area contributed by atoms with E-state index in [1.165, 1.54) is 5.69 Å². The number of benzene rings is 1. The van der Waals surface area contributed by atoms with Crippen molar-refractivity contribution in [3.05, 3.63) is 58.9 Å². The van der Waals surface area contributed by atoms with E-state index in [-0.39, 0.29) is 6.04 Å². The van der Waals surface area contributed by atoms with Crippen LogP contribution in [0.2, 0.25) is 5.02 Å². The lowest BCUT2D eigenvalue weighted by atomic mass is 10.1. The number of rotatable bonds is 6. The molecule has 102 valence electrons. The molecule has 2 aromatic rings. The van der Waals surface area contributed by atoms with E-state index in [2.05, 4.69) is 48.1 Å². The topological polar surface area (TPSA) is 17.0 Å². The number of aryl methyl sites for hydroxylation is 1. The van der Waals surface area contributed by atoms with Crippen LogP contribution in [0.15, 0.2) is 42.6 Å². The summed E-state index contributed by atoms with van der Waals surface area (Å²) in [4.78, 5) is 0. The van der Waals surface area contributed by atoms with E-state index in [1.54, 1.807) is 0 Å². The highest BCUT2D eigenvalue weighted by atomic mass is 35.5. The fourth-order valence-electron chi connectivity index (χ4n) is 2.26. The van der Waals surface area contributed by atoms with Crippen molar-refractivity contribution < 1.29 is 0 Å². The number of hydrogen-bond donors (Lipinski definition) is 1. The van der Waals surface area contributed by atoms with Crippen LogP contribution >= 0.6 is 11.6 Å². The molecule has 2 rings (SSSR count). The lowest BCUT2D eigenvalue weighted by Gasteiger charge is -2.16. The van der Waals surface area contributed by atoms with Gasteiger partial charge < -0.3 is 9.88 Å². The average Bonchev–Trinajstić information content (AvgIpc) is 2.84. The molecule has 0 bridgehead atoms. The van der Waals surface area contributed by atoms with Gasteiger partial charge in [-0.3, -0.25) is 0 Å². The first-order valence-electron chi connectivity index (χ1n) is 6.84. The minimum absolute atomic E-state index is 0.249. The van der Waals surface area contributed by atoms with Crippen molar-refractivity contribution in [3.63, 3.8) is 0 Å². The highest BCUT2D eigenvalue weighted by molar-refractivity contribution is 6.31. The van der Waals surface area contributed by atoms with Gasteiger partial charge in [0, 0.05) is 36.0 Å². The molecule has 1 heterocycles. The van der Waals surface area contributed by atoms with Gasteiger partial charge in [0.1, 0.15) is 0 Å². The summed E-state index contributed by atoms with van der Waals surface area (Å²) in [6.07, 6.45) is 3.29. The molecule has 0 saturated carbocycles. The summed E-state index contributed by atoms with van der Waals surface area (Å²) in [6.45, 7) is 6.28. The van der Waals surface area contributed by atoms with Gasteiger partial charge in [-0.1, -0.05) is 36.7 Å². The third kappa shape index (κ3) is 3.62. The van der Waals surface area contributed by atoms with E-state index >= 15 is 0 Å². The van der Waals surface area contributed by atoms with Crippen molar-refractivity contribution in [2.45, 2.75) is 39.4 Å². The minimum atomic E-state index is 0.249. The average molecular weight is 277 g/mol. The standard InChI is InChI=1S/C16H21ClN2/c1-3-10-19-11-6-7-14(19)12-18-13(2)15-8-4-5-9-16(15)17/h4-9,11,13,18H,3,10,12H2,1-2H3/t13-/m1/s1. The predicted octanol–water partition coefficient (Wildman–Crippen LogP) is 4.40. The Hall–Kier alpha value is -1.25. The van der Waals surface area contributed by atoms with E-state index in [4.69, 9.17) is 11.6 Å². The third-order valence-corrected chi connectivity index (χ3v) is 3.69. The summed E-state index contributed by atoms with van der Waals surface area (Å²) < 4.78 is 2.30. The van der Waals surface area contributed by atoms with Gasteiger partial charge in [-0.15, -0.1) is 0 Å². The molecule has 0 unspecified atom stereocenters. The number of halogens is 1. The predicted molar refractivity (Wildman–Crippen MR) is 81.4 cm³/mol. The Balaban J connectivity index is 1.98. The third-order valence-electron chi connectivity index (χ3n) is 3.35. The van der Waals surface area contributed by atoms with Crippen molar-refractivity contribution in [1.29, 1.82) is 0 Å². The second-order valence-corrected chi connectivity index (χ2v) is 5.22. The van der Waals surface area contributed by atoms with Crippen LogP contribution in [0.1, 0.15) is 37.6 Å². The van der Waals surface area contributed by atoms with Crippen molar-refractivity contribution in [3.8, 4) is 0 Å². The molecule has 1 aromatic carbocycles. The number of nitrogens with zero attached hydrogens (tertiary/aromatic N) is 1. The fraction of sp³-hybridized carbons (Fsp3) is 0.375. The smallest absolute Gasteiger partial charge is 0.0453 e. The molecule has 1 aromatic heterocycles. The first kappa shape index (κ1) is 14.2. The van der Waals surface area contributed by atoms with Crippen molar-refractivity contribution in [1.82, 2.24) is 9.88 Å². The Labute approximate surface area is 120 Å². The molecule has 0 saturated heterocycles. The highest BCUT2D eigenvalue weighted by Gasteiger charge is 2.09. The molecule has 0 aliphatic rings. The van der Waals surface area contributed by atoms with Crippen molar-refractivity contribution in [2.75, 3.05) is 0 Å². The highest BCUT2D eigenvalue weighted by Crippen LogP contribution is 2.22. The molecule has 0 radical (unpaired) electrons. The molecule has 1 atom stereocenters. The Morgan fingerprint density at radius 1 is 1.21 bits per heavy atom. The van der Waals surface area contributed by atoms with Crippen LogP contribution in [0.25, 0.3) is 0 Å². The van der Waals surface area contributed by atoms with Crippen molar-refractivity contribution in [2.24, 2.45) is 0 Å². The molecule has 0 spiro atoms. The quantitative estimate of drug-likeness (QED) is 0.827. The van der Waals surface area contributed by atoms with Gasteiger partial charge in [-0.05, 0) is 37.1 Å². The monoisotopic (exact) mass is 276 g/mol. The minimum Gasteiger partial charge on any atom is -0.350 e. The molecular weight excluding hydrogens is 256 g/mol. The Kier molecular flexibility index (Phi) is 5.06. The van der Waals surface area contributed by atoms with Crippen LogP contribution in [-0.4, -0.2) is 4.57 Å². The zero-order valence-corrected chi connectivity index (χ0v) is 12.3. The maximum atomic E-state index is 6.22. The molecule has 3 heteroatoms. The van der Waals surface area contributed by atoms with Gasteiger partial charge in [-0.25, -0.2) is 0 Å². The normalized spacial score (nSPS) is 12.6. The van der Waals surface area contributed by atoms with Crippen LogP contribution in [0, 0.1) is 0 Å². The van der Waals surface area contributed by atoms with E-state index < -0.39 is 0 Å². The second kappa shape index (κ2) is 6.78. The molecule has 0 fully saturated rings. The lowest BCUT2D eigenvalue weighted by Crippen LogP contribution is -2.20. The van der Waals surface area contributed by atoms with E-state index in [1.807, 2.05) is 18.2 Å². The van der Waals surface area contributed by atoms with Gasteiger partial charge >= 0.3 is 0 Å². The summed E-state index contributed by atoms with van der Waals surface area (Å²) in [7, 11) is 0. The first-order chi connectivity index (χ1) is 9.22. The second-order valence-electron chi connectivity index (χ2n) is 4.82. The molecule has 0 aliphatic carbocycles. The van der Waals surface area contributed by atoms with Crippen LogP contribution in [0.4, 0.5) is 0 Å². The number of hydrogen-bond acceptors (Lipinski definition) is 1. The number of nitrogens with one attached hydrogen (secondary N) is 1. The van der Waals surface area contributed by atoms with E-state index in [0.717, 1.165) is 30.1 Å². The van der Waals surface area contributed by atoms with E-state index in [9.17, 15) is 0 Å². The van der Waals surface area contributed by atoms with Gasteiger partial charge in [-0.2, -0.15) is 0 Å². The number of aromatic nitrogens is 1. The van der Waals surface area contributed by atoms with Gasteiger partial charge in [0.2, 0.25) is 0 Å². The molecule has 0 amide bonds. The summed E-state index contributed by atoms with van der Waals surface area (Å²) in [5.41, 5.74) is 2.47. The summed E-state index contributed by atoms with van der Waals surface area (Å²) in [5.74, 6) is 0. The zero-order valence-electron chi connectivity index (χ0n) is 11.6. The van der Waals surface area contributed by atoms with Crippen LogP contribution in [-0.2, 0) is 13.1 Å². The molecule has 19 heavy (non-hydrogen) atoms. The van der Waals surface area contributed by atoms with Crippen molar-refractivity contribution >= 4 is 11.6 Å². The van der Waals surface area contributed by atoms with Gasteiger partial charge in [0.15, 0.2) is 0 Å². The molecular formula is C16H21ClN2. The largest absolute Gasteiger partial charge is 0.350 e. The Morgan fingerprint density at radius 2 is 2.00 bits per heavy atom. The Morgan fingerprint density at radius 3 is 2.74 bits per heavy atom. The van der Waals surface area contributed by atoms with Crippen LogP contribution in [0.5, 0.6) is 0 Å². The summed E-state index contributed by atoms with van der Waals surface area (Å²) >= 11 is 6.22. The van der Waals surface area contributed by atoms with Gasteiger partial charge in [0.25, 0.3) is 0 Å². The fourth-order valence-corrected chi connectivity index (χ4v) is 2.56. The maximum absolute atomic E-state index is 6.22. The SMILES string of the molecule is CCCn1cccc1CN[C@H](C)c1ccccc1Cl. The van der Waals surface area contributed by atoms with E-state index in [0.29, 0.717) is 0 Å². The van der Waals surface area contributed by atoms with Gasteiger partial charge in [0.05, 0.1) is 0 Å².